The highest BCUT2D eigenvalue weighted by Gasteiger charge is 2.36. The average molecular weight is 414 g/mol. The molecule has 0 spiro atoms. The maximum Gasteiger partial charge on any atom is 0.254 e. The maximum absolute atomic E-state index is 12.3. The van der Waals surface area contributed by atoms with Crippen LogP contribution >= 0.6 is 28.3 Å². The van der Waals surface area contributed by atoms with Crippen molar-refractivity contribution in [2.24, 2.45) is 5.73 Å². The van der Waals surface area contributed by atoms with Crippen LogP contribution in [-0.2, 0) is 12.0 Å². The van der Waals surface area contributed by atoms with Crippen LogP contribution in [0.4, 0.5) is 0 Å². The number of rotatable bonds is 5. The topological polar surface area (TPSA) is 68.3 Å². The summed E-state index contributed by atoms with van der Waals surface area (Å²) in [6, 6.07) is 10.2. The average Bonchev–Trinajstić information content (AvgIpc) is 3.23. The van der Waals surface area contributed by atoms with Gasteiger partial charge in [0.2, 0.25) is 0 Å². The Morgan fingerprint density at radius 3 is 2.50 bits per heavy atom. The molecule has 1 aromatic heterocycles. The SMILES string of the molecule is Cl.NCc1cc(C(=O)NCC2(c3ccc(Br)cc3)CCCC2)co1. The van der Waals surface area contributed by atoms with Crippen molar-refractivity contribution in [3.05, 3.63) is 58.0 Å². The van der Waals surface area contributed by atoms with Crippen LogP contribution in [0, 0.1) is 0 Å². The first-order valence-electron chi connectivity index (χ1n) is 7.95. The van der Waals surface area contributed by atoms with Crippen molar-refractivity contribution in [2.75, 3.05) is 6.54 Å². The number of furan rings is 1. The van der Waals surface area contributed by atoms with Gasteiger partial charge >= 0.3 is 0 Å². The molecule has 130 valence electrons. The second-order valence-electron chi connectivity index (χ2n) is 6.18. The molecule has 1 saturated carbocycles. The lowest BCUT2D eigenvalue weighted by atomic mass is 9.79. The molecule has 0 aliphatic heterocycles. The van der Waals surface area contributed by atoms with Crippen molar-refractivity contribution >= 4 is 34.2 Å². The Hall–Kier alpha value is -1.30. The summed E-state index contributed by atoms with van der Waals surface area (Å²) in [6.07, 6.45) is 6.09. The number of amides is 1. The molecule has 1 aromatic carbocycles. The van der Waals surface area contributed by atoms with Gasteiger partial charge in [-0.15, -0.1) is 12.4 Å². The van der Waals surface area contributed by atoms with Gasteiger partial charge in [0.15, 0.2) is 0 Å². The molecule has 0 saturated heterocycles. The Labute approximate surface area is 156 Å². The zero-order chi connectivity index (χ0) is 16.3. The van der Waals surface area contributed by atoms with Crippen molar-refractivity contribution in [2.45, 2.75) is 37.6 Å². The van der Waals surface area contributed by atoms with Crippen LogP contribution in [0.25, 0.3) is 0 Å². The van der Waals surface area contributed by atoms with Gasteiger partial charge in [-0.2, -0.15) is 0 Å². The predicted octanol–water partition coefficient (Wildman–Crippen LogP) is 4.16. The van der Waals surface area contributed by atoms with E-state index in [1.807, 2.05) is 0 Å². The molecule has 3 rings (SSSR count). The molecular formula is C18H22BrClN2O2. The van der Waals surface area contributed by atoms with E-state index in [0.717, 1.165) is 17.3 Å². The summed E-state index contributed by atoms with van der Waals surface area (Å²) in [6.45, 7) is 0.951. The van der Waals surface area contributed by atoms with Gasteiger partial charge in [-0.3, -0.25) is 4.79 Å². The van der Waals surface area contributed by atoms with Crippen LogP contribution < -0.4 is 11.1 Å². The van der Waals surface area contributed by atoms with Crippen molar-refractivity contribution in [3.8, 4) is 0 Å². The Kier molecular flexibility index (Phi) is 6.49. The van der Waals surface area contributed by atoms with E-state index >= 15 is 0 Å². The summed E-state index contributed by atoms with van der Waals surface area (Å²) in [5.74, 6) is 0.524. The highest BCUT2D eigenvalue weighted by atomic mass is 79.9. The van der Waals surface area contributed by atoms with E-state index < -0.39 is 0 Å². The second kappa shape index (κ2) is 8.19. The van der Waals surface area contributed by atoms with Crippen LogP contribution in [0.1, 0.15) is 47.4 Å². The zero-order valence-electron chi connectivity index (χ0n) is 13.4. The van der Waals surface area contributed by atoms with E-state index in [1.54, 1.807) is 6.07 Å². The molecule has 1 amide bonds. The van der Waals surface area contributed by atoms with Crippen LogP contribution in [0.5, 0.6) is 0 Å². The predicted molar refractivity (Wildman–Crippen MR) is 100 cm³/mol. The number of benzene rings is 1. The molecule has 1 heterocycles. The smallest absolute Gasteiger partial charge is 0.254 e. The molecular weight excluding hydrogens is 392 g/mol. The van der Waals surface area contributed by atoms with E-state index in [-0.39, 0.29) is 23.7 Å². The second-order valence-corrected chi connectivity index (χ2v) is 7.10. The highest BCUT2D eigenvalue weighted by Crippen LogP contribution is 2.41. The molecule has 4 nitrogen and oxygen atoms in total. The minimum atomic E-state index is -0.100. The molecule has 24 heavy (non-hydrogen) atoms. The molecule has 0 unspecified atom stereocenters. The molecule has 3 N–H and O–H groups in total. The molecule has 1 aliphatic rings. The molecule has 1 aliphatic carbocycles. The first-order valence-corrected chi connectivity index (χ1v) is 8.74. The normalized spacial score (nSPS) is 15.8. The monoisotopic (exact) mass is 412 g/mol. The van der Waals surface area contributed by atoms with E-state index in [2.05, 4.69) is 45.5 Å². The maximum atomic E-state index is 12.3. The number of carbonyl (C=O) groups excluding carboxylic acids is 1. The van der Waals surface area contributed by atoms with Crippen molar-refractivity contribution in [1.82, 2.24) is 5.32 Å². The third kappa shape index (κ3) is 4.02. The van der Waals surface area contributed by atoms with Gasteiger partial charge in [0.05, 0.1) is 12.1 Å². The highest BCUT2D eigenvalue weighted by molar-refractivity contribution is 9.10. The fourth-order valence-corrected chi connectivity index (χ4v) is 3.65. The number of hydrogen-bond acceptors (Lipinski definition) is 3. The Bertz CT molecular complexity index is 679. The van der Waals surface area contributed by atoms with Gasteiger partial charge < -0.3 is 15.5 Å². The zero-order valence-corrected chi connectivity index (χ0v) is 15.8. The first kappa shape index (κ1) is 19.0. The number of halogens is 2. The number of carbonyl (C=O) groups is 1. The summed E-state index contributed by atoms with van der Waals surface area (Å²) in [4.78, 5) is 12.3. The quantitative estimate of drug-likeness (QED) is 0.773. The van der Waals surface area contributed by atoms with Crippen LogP contribution in [0.15, 0.2) is 45.5 Å². The summed E-state index contributed by atoms with van der Waals surface area (Å²) >= 11 is 3.48. The van der Waals surface area contributed by atoms with Gasteiger partial charge in [-0.05, 0) is 36.6 Å². The van der Waals surface area contributed by atoms with Crippen LogP contribution in [-0.4, -0.2) is 12.5 Å². The lowest BCUT2D eigenvalue weighted by molar-refractivity contribution is 0.0942. The van der Waals surface area contributed by atoms with Gasteiger partial charge in [0, 0.05) is 16.4 Å². The van der Waals surface area contributed by atoms with Crippen molar-refractivity contribution < 1.29 is 9.21 Å². The number of hydrogen-bond donors (Lipinski definition) is 2. The molecule has 2 aromatic rings. The van der Waals surface area contributed by atoms with Gasteiger partial charge in [-0.25, -0.2) is 0 Å². The van der Waals surface area contributed by atoms with E-state index in [0.29, 0.717) is 24.4 Å². The molecule has 1 fully saturated rings. The van der Waals surface area contributed by atoms with Gasteiger partial charge in [0.25, 0.3) is 5.91 Å². The Morgan fingerprint density at radius 1 is 1.25 bits per heavy atom. The number of nitrogens with two attached hydrogens (primary N) is 1. The third-order valence-corrected chi connectivity index (χ3v) is 5.25. The van der Waals surface area contributed by atoms with Crippen LogP contribution in [0.3, 0.4) is 0 Å². The number of nitrogens with one attached hydrogen (secondary N) is 1. The molecule has 0 atom stereocenters. The summed E-state index contributed by atoms with van der Waals surface area (Å²) in [5.41, 5.74) is 7.39. The van der Waals surface area contributed by atoms with Gasteiger partial charge in [-0.1, -0.05) is 40.9 Å². The minimum Gasteiger partial charge on any atom is -0.467 e. The van der Waals surface area contributed by atoms with E-state index in [4.69, 9.17) is 10.2 Å². The largest absolute Gasteiger partial charge is 0.467 e. The summed E-state index contributed by atoms with van der Waals surface area (Å²) in [7, 11) is 0. The fourth-order valence-electron chi connectivity index (χ4n) is 3.38. The molecule has 0 radical (unpaired) electrons. The first-order chi connectivity index (χ1) is 11.1. The minimum absolute atomic E-state index is 0. The lowest BCUT2D eigenvalue weighted by Gasteiger charge is -2.30. The van der Waals surface area contributed by atoms with E-state index in [1.165, 1.54) is 24.7 Å². The Balaban J connectivity index is 0.00000208. The molecule has 6 heteroatoms. The Morgan fingerprint density at radius 2 is 1.92 bits per heavy atom. The van der Waals surface area contributed by atoms with Crippen LogP contribution in [0.2, 0.25) is 0 Å². The fraction of sp³-hybridized carbons (Fsp3) is 0.389. The lowest BCUT2D eigenvalue weighted by Crippen LogP contribution is -2.38. The summed E-state index contributed by atoms with van der Waals surface area (Å²) in [5, 5.41) is 3.08. The standard InChI is InChI=1S/C18H21BrN2O2.ClH/c19-15-5-3-14(4-6-15)18(7-1-2-8-18)12-21-17(22)13-9-16(10-20)23-11-13;/h3-6,9,11H,1-2,7-8,10,12,20H2,(H,21,22);1H. The third-order valence-electron chi connectivity index (χ3n) is 4.72. The summed E-state index contributed by atoms with van der Waals surface area (Å²) < 4.78 is 6.31. The molecule has 0 bridgehead atoms. The van der Waals surface area contributed by atoms with Crippen molar-refractivity contribution in [3.63, 3.8) is 0 Å². The van der Waals surface area contributed by atoms with Crippen molar-refractivity contribution in [1.29, 1.82) is 0 Å². The van der Waals surface area contributed by atoms with E-state index in [9.17, 15) is 4.79 Å². The van der Waals surface area contributed by atoms with Gasteiger partial charge in [0.1, 0.15) is 12.0 Å².